The molecule has 176 valence electrons. The van der Waals surface area contributed by atoms with Gasteiger partial charge in [-0.2, -0.15) is 0 Å². The number of likely N-dealkylation sites (tertiary alicyclic amines) is 2. The highest BCUT2D eigenvalue weighted by Gasteiger charge is 2.42. The number of carbonyl (C=O) groups is 3. The van der Waals surface area contributed by atoms with Crippen LogP contribution in [0.15, 0.2) is 18.3 Å². The van der Waals surface area contributed by atoms with Gasteiger partial charge in [-0.3, -0.25) is 14.4 Å². The Balaban J connectivity index is 1.28. The zero-order valence-corrected chi connectivity index (χ0v) is 19.6. The van der Waals surface area contributed by atoms with Gasteiger partial charge in [-0.1, -0.05) is 0 Å². The molecule has 0 radical (unpaired) electrons. The molecule has 0 saturated carbocycles. The van der Waals surface area contributed by atoms with Crippen molar-refractivity contribution < 1.29 is 19.3 Å². The molecule has 2 amide bonds. The van der Waals surface area contributed by atoms with Crippen molar-refractivity contribution in [1.82, 2.24) is 19.4 Å². The molecule has 0 aliphatic carbocycles. The molecule has 33 heavy (non-hydrogen) atoms. The Hall–Kier alpha value is -3.08. The quantitative estimate of drug-likeness (QED) is 0.362. The summed E-state index contributed by atoms with van der Waals surface area (Å²) in [6.07, 6.45) is 4.25. The van der Waals surface area contributed by atoms with E-state index in [0.717, 1.165) is 19.3 Å². The van der Waals surface area contributed by atoms with Gasteiger partial charge in [0.2, 0.25) is 11.7 Å². The number of thiophene rings is 1. The number of imidazole rings is 1. The van der Waals surface area contributed by atoms with Gasteiger partial charge < -0.3 is 24.5 Å². The van der Waals surface area contributed by atoms with Gasteiger partial charge in [0.15, 0.2) is 5.78 Å². The molecule has 0 unspecified atom stereocenters. The van der Waals surface area contributed by atoms with Crippen molar-refractivity contribution in [3.63, 3.8) is 0 Å². The Labute approximate surface area is 195 Å². The van der Waals surface area contributed by atoms with Crippen LogP contribution in [-0.4, -0.2) is 68.1 Å². The lowest BCUT2D eigenvalue weighted by Gasteiger charge is -2.39. The van der Waals surface area contributed by atoms with E-state index in [1.54, 1.807) is 23.6 Å². The number of aryl methyl sites for hydroxylation is 2. The molecule has 2 aliphatic rings. The van der Waals surface area contributed by atoms with Gasteiger partial charge in [-0.05, 0) is 53.6 Å². The van der Waals surface area contributed by atoms with Crippen LogP contribution in [0.25, 0.3) is 0 Å². The predicted octanol–water partition coefficient (Wildman–Crippen LogP) is 2.91. The van der Waals surface area contributed by atoms with Gasteiger partial charge in [0.05, 0.1) is 9.75 Å². The van der Waals surface area contributed by atoms with Crippen LogP contribution in [0, 0.1) is 22.5 Å². The highest BCUT2D eigenvalue weighted by Crippen LogP contribution is 2.41. The maximum Gasteiger partial charge on any atom is 0.381 e. The summed E-state index contributed by atoms with van der Waals surface area (Å²) in [5.74, 6) is 0.287. The molecular formula is C22H27N5O5S. The van der Waals surface area contributed by atoms with Gasteiger partial charge >= 0.3 is 5.82 Å². The van der Waals surface area contributed by atoms with Crippen molar-refractivity contribution in [2.75, 3.05) is 26.2 Å². The van der Waals surface area contributed by atoms with E-state index >= 15 is 0 Å². The fourth-order valence-electron chi connectivity index (χ4n) is 4.72. The van der Waals surface area contributed by atoms with Gasteiger partial charge in [-0.25, -0.2) is 0 Å². The van der Waals surface area contributed by atoms with Crippen molar-refractivity contribution in [3.05, 3.63) is 44.0 Å². The minimum atomic E-state index is -0.534. The minimum Gasteiger partial charge on any atom is -0.358 e. The number of rotatable bonds is 6. The van der Waals surface area contributed by atoms with E-state index in [1.807, 2.05) is 9.80 Å². The maximum absolute atomic E-state index is 12.8. The molecule has 0 aromatic carbocycles. The minimum absolute atomic E-state index is 0.0296. The van der Waals surface area contributed by atoms with E-state index in [-0.39, 0.29) is 35.3 Å². The van der Waals surface area contributed by atoms with Gasteiger partial charge in [-0.15, -0.1) is 11.3 Å². The summed E-state index contributed by atoms with van der Waals surface area (Å²) < 4.78 is 1.65. The number of aromatic nitrogens is 2. The molecule has 1 spiro atoms. The first-order valence-electron chi connectivity index (χ1n) is 11.0. The SMILES string of the molecule is CC(=O)c1ccc(C(=O)N2CCC3(CCN(C(=O)CCn4cc([N+](=O)[O-])nc4C)C3)CC2)s1. The smallest absolute Gasteiger partial charge is 0.358 e. The van der Waals surface area contributed by atoms with Crippen LogP contribution in [0.4, 0.5) is 5.82 Å². The number of nitrogens with zero attached hydrogens (tertiary/aromatic N) is 5. The highest BCUT2D eigenvalue weighted by atomic mass is 32.1. The molecule has 2 fully saturated rings. The first-order valence-corrected chi connectivity index (χ1v) is 11.9. The van der Waals surface area contributed by atoms with Crippen molar-refractivity contribution in [3.8, 4) is 0 Å². The van der Waals surface area contributed by atoms with Crippen molar-refractivity contribution in [2.24, 2.45) is 5.41 Å². The zero-order valence-electron chi connectivity index (χ0n) is 18.8. The Morgan fingerprint density at radius 2 is 1.76 bits per heavy atom. The molecule has 4 rings (SSSR count). The second-order valence-electron chi connectivity index (χ2n) is 8.92. The number of amides is 2. The van der Waals surface area contributed by atoms with E-state index in [1.165, 1.54) is 24.5 Å². The number of ketones is 1. The number of carbonyl (C=O) groups excluding carboxylic acids is 3. The van der Waals surface area contributed by atoms with Crippen LogP contribution in [-0.2, 0) is 11.3 Å². The van der Waals surface area contributed by atoms with E-state index < -0.39 is 4.92 Å². The number of piperidine rings is 1. The molecule has 11 heteroatoms. The summed E-state index contributed by atoms with van der Waals surface area (Å²) >= 11 is 1.24. The summed E-state index contributed by atoms with van der Waals surface area (Å²) in [4.78, 5) is 56.3. The van der Waals surface area contributed by atoms with Crippen molar-refractivity contribution >= 4 is 34.8 Å². The third-order valence-corrected chi connectivity index (χ3v) is 7.96. The Morgan fingerprint density at radius 1 is 1.12 bits per heavy atom. The summed E-state index contributed by atoms with van der Waals surface area (Å²) in [6, 6.07) is 3.43. The Bertz CT molecular complexity index is 1100. The van der Waals surface area contributed by atoms with Crippen LogP contribution < -0.4 is 0 Å². The standard InChI is InChI=1S/C22H27N5O5S/c1-15(28)17-3-4-18(33-17)21(30)24-10-6-22(7-11-24)8-12-26(14-22)20(29)5-9-25-13-19(27(31)32)23-16(25)2/h3-4,13H,5-12,14H2,1-2H3. The van der Waals surface area contributed by atoms with E-state index in [9.17, 15) is 24.5 Å². The fraction of sp³-hybridized carbons (Fsp3) is 0.545. The molecule has 0 bridgehead atoms. The summed E-state index contributed by atoms with van der Waals surface area (Å²) in [5.41, 5.74) is 0.0378. The maximum atomic E-state index is 12.8. The Kier molecular flexibility index (Phi) is 6.33. The average Bonchev–Trinajstić information content (AvgIpc) is 3.51. The first kappa shape index (κ1) is 23.1. The van der Waals surface area contributed by atoms with Gasteiger partial charge in [0.1, 0.15) is 6.20 Å². The van der Waals surface area contributed by atoms with Crippen molar-refractivity contribution in [2.45, 2.75) is 46.1 Å². The largest absolute Gasteiger partial charge is 0.381 e. The van der Waals surface area contributed by atoms with E-state index in [2.05, 4.69) is 4.98 Å². The normalized spacial score (nSPS) is 17.5. The zero-order chi connectivity index (χ0) is 23.8. The first-order chi connectivity index (χ1) is 15.7. The van der Waals surface area contributed by atoms with E-state index in [4.69, 9.17) is 0 Å². The number of nitro groups is 1. The number of Topliss-reactive ketones (excluding diaryl/α,β-unsaturated/α-hetero) is 1. The lowest BCUT2D eigenvalue weighted by molar-refractivity contribution is -0.389. The molecular weight excluding hydrogens is 446 g/mol. The molecule has 0 N–H and O–H groups in total. The van der Waals surface area contributed by atoms with Crippen LogP contribution >= 0.6 is 11.3 Å². The summed E-state index contributed by atoms with van der Waals surface area (Å²) in [5, 5.41) is 10.9. The molecule has 2 aliphatic heterocycles. The molecule has 4 heterocycles. The summed E-state index contributed by atoms with van der Waals surface area (Å²) in [7, 11) is 0. The van der Waals surface area contributed by atoms with Crippen LogP contribution in [0.1, 0.15) is 57.8 Å². The van der Waals surface area contributed by atoms with Crippen LogP contribution in [0.5, 0.6) is 0 Å². The second-order valence-corrected chi connectivity index (χ2v) is 10.0. The molecule has 0 atom stereocenters. The average molecular weight is 474 g/mol. The monoisotopic (exact) mass is 473 g/mol. The van der Waals surface area contributed by atoms with Crippen LogP contribution in [0.3, 0.4) is 0 Å². The number of hydrogen-bond donors (Lipinski definition) is 0. The third kappa shape index (κ3) is 4.82. The summed E-state index contributed by atoms with van der Waals surface area (Å²) in [6.45, 7) is 6.22. The van der Waals surface area contributed by atoms with E-state index in [0.29, 0.717) is 48.3 Å². The highest BCUT2D eigenvalue weighted by molar-refractivity contribution is 7.15. The molecule has 10 nitrogen and oxygen atoms in total. The second kappa shape index (κ2) is 9.05. The molecule has 2 saturated heterocycles. The van der Waals surface area contributed by atoms with Gasteiger partial charge in [0.25, 0.3) is 5.91 Å². The van der Waals surface area contributed by atoms with Crippen LogP contribution in [0.2, 0.25) is 0 Å². The topological polar surface area (TPSA) is 119 Å². The lowest BCUT2D eigenvalue weighted by Crippen LogP contribution is -2.44. The number of hydrogen-bond acceptors (Lipinski definition) is 7. The lowest BCUT2D eigenvalue weighted by atomic mass is 9.77. The fourth-order valence-corrected chi connectivity index (χ4v) is 5.59. The third-order valence-electron chi connectivity index (χ3n) is 6.78. The molecule has 2 aromatic heterocycles. The Morgan fingerprint density at radius 3 is 2.33 bits per heavy atom. The van der Waals surface area contributed by atoms with Gasteiger partial charge in [0, 0.05) is 46.1 Å². The predicted molar refractivity (Wildman–Crippen MR) is 121 cm³/mol. The molecule has 2 aromatic rings. The van der Waals surface area contributed by atoms with Crippen molar-refractivity contribution in [1.29, 1.82) is 0 Å².